The maximum atomic E-state index is 12.6. The summed E-state index contributed by atoms with van der Waals surface area (Å²) in [4.78, 5) is 29.4. The quantitative estimate of drug-likeness (QED) is 0.763. The Hall–Kier alpha value is -3.16. The highest BCUT2D eigenvalue weighted by Crippen LogP contribution is 2.17. The van der Waals surface area contributed by atoms with E-state index in [0.717, 1.165) is 4.68 Å². The van der Waals surface area contributed by atoms with Crippen LogP contribution in [0.5, 0.6) is 5.75 Å². The second-order valence-corrected chi connectivity index (χ2v) is 7.52. The third-order valence-corrected chi connectivity index (χ3v) is 3.83. The molecule has 0 aliphatic rings. The topological polar surface area (TPSA) is 91.0 Å². The molecule has 0 bridgehead atoms. The van der Waals surface area contributed by atoms with Gasteiger partial charge in [-0.2, -0.15) is 5.10 Å². The lowest BCUT2D eigenvalue weighted by atomic mass is 10.1. The van der Waals surface area contributed by atoms with Gasteiger partial charge in [0.2, 0.25) is 0 Å². The fraction of sp³-hybridized carbons (Fsp3) is 0.368. The average Bonchev–Trinajstić information content (AvgIpc) is 3.02. The Morgan fingerprint density at radius 1 is 1.19 bits per heavy atom. The number of hydrogen-bond acceptors (Lipinski definition) is 5. The summed E-state index contributed by atoms with van der Waals surface area (Å²) in [5.41, 5.74) is 2.74. The monoisotopic (exact) mass is 369 g/mol. The van der Waals surface area contributed by atoms with Gasteiger partial charge < -0.3 is 4.74 Å². The molecule has 2 aromatic heterocycles. The second kappa shape index (κ2) is 6.86. The van der Waals surface area contributed by atoms with E-state index < -0.39 is 5.91 Å². The van der Waals surface area contributed by atoms with E-state index in [2.05, 4.69) is 15.5 Å². The van der Waals surface area contributed by atoms with E-state index >= 15 is 0 Å². The lowest BCUT2D eigenvalue weighted by Gasteiger charge is -2.19. The zero-order chi connectivity index (χ0) is 19.8. The van der Waals surface area contributed by atoms with Crippen LogP contribution in [0.3, 0.4) is 0 Å². The standard InChI is InChI=1S/C19H23N5O3/c1-12(2)27-14-8-6-13(7-9-14)17(25)22-23-11-20-16-15(18(23)26)10-21-24(16)19(3,4)5/h6-12H,1-5H3,(H,22,25). The summed E-state index contributed by atoms with van der Waals surface area (Å²) >= 11 is 0. The number of hydrogen-bond donors (Lipinski definition) is 1. The molecule has 0 fully saturated rings. The second-order valence-electron chi connectivity index (χ2n) is 7.52. The molecule has 3 rings (SSSR count). The Labute approximate surface area is 156 Å². The van der Waals surface area contributed by atoms with Crippen LogP contribution in [-0.2, 0) is 5.54 Å². The van der Waals surface area contributed by atoms with Crippen LogP contribution in [0.15, 0.2) is 41.6 Å². The van der Waals surface area contributed by atoms with Crippen molar-refractivity contribution in [3.8, 4) is 5.75 Å². The molecule has 0 spiro atoms. The predicted molar refractivity (Wildman–Crippen MR) is 103 cm³/mol. The van der Waals surface area contributed by atoms with Gasteiger partial charge in [-0.3, -0.25) is 15.0 Å². The van der Waals surface area contributed by atoms with Crippen LogP contribution in [0.2, 0.25) is 0 Å². The smallest absolute Gasteiger partial charge is 0.283 e. The first-order valence-electron chi connectivity index (χ1n) is 8.71. The van der Waals surface area contributed by atoms with Crippen molar-refractivity contribution in [2.45, 2.75) is 46.3 Å². The molecule has 1 N–H and O–H groups in total. The maximum Gasteiger partial charge on any atom is 0.283 e. The zero-order valence-corrected chi connectivity index (χ0v) is 16.1. The van der Waals surface area contributed by atoms with Gasteiger partial charge in [-0.25, -0.2) is 14.3 Å². The molecule has 0 unspecified atom stereocenters. The van der Waals surface area contributed by atoms with Crippen LogP contribution in [0.1, 0.15) is 45.0 Å². The highest BCUT2D eigenvalue weighted by Gasteiger charge is 2.20. The van der Waals surface area contributed by atoms with E-state index in [9.17, 15) is 9.59 Å². The summed E-state index contributed by atoms with van der Waals surface area (Å²) in [5, 5.41) is 4.59. The summed E-state index contributed by atoms with van der Waals surface area (Å²) in [5.74, 6) is 0.258. The Balaban J connectivity index is 1.85. The number of benzene rings is 1. The third kappa shape index (κ3) is 3.84. The van der Waals surface area contributed by atoms with Crippen LogP contribution in [0.25, 0.3) is 11.0 Å². The van der Waals surface area contributed by atoms with Gasteiger partial charge in [0.05, 0.1) is 17.8 Å². The molecule has 3 aromatic rings. The van der Waals surface area contributed by atoms with E-state index in [1.54, 1.807) is 28.9 Å². The van der Waals surface area contributed by atoms with Crippen molar-refractivity contribution in [1.29, 1.82) is 0 Å². The van der Waals surface area contributed by atoms with Gasteiger partial charge >= 0.3 is 0 Å². The molecule has 2 heterocycles. The van der Waals surface area contributed by atoms with Crippen LogP contribution in [0, 0.1) is 0 Å². The Bertz CT molecular complexity index is 1030. The number of fused-ring (bicyclic) bond motifs is 1. The van der Waals surface area contributed by atoms with Crippen LogP contribution in [0.4, 0.5) is 0 Å². The molecule has 0 aliphatic heterocycles. The number of rotatable bonds is 4. The highest BCUT2D eigenvalue weighted by atomic mass is 16.5. The van der Waals surface area contributed by atoms with Crippen LogP contribution in [-0.4, -0.2) is 31.5 Å². The van der Waals surface area contributed by atoms with Gasteiger partial charge in [0.25, 0.3) is 11.5 Å². The molecule has 8 nitrogen and oxygen atoms in total. The number of amides is 1. The van der Waals surface area contributed by atoms with Crippen molar-refractivity contribution in [2.75, 3.05) is 5.43 Å². The van der Waals surface area contributed by atoms with Crippen molar-refractivity contribution < 1.29 is 9.53 Å². The summed E-state index contributed by atoms with van der Waals surface area (Å²) < 4.78 is 8.31. The SMILES string of the molecule is CC(C)Oc1ccc(C(=O)Nn2cnc3c(cnn3C(C)(C)C)c2=O)cc1. The molecular formula is C19H23N5O3. The molecule has 0 saturated heterocycles. The van der Waals surface area contributed by atoms with Crippen LogP contribution < -0.4 is 15.7 Å². The predicted octanol–water partition coefficient (Wildman–Crippen LogP) is 2.52. The van der Waals surface area contributed by atoms with Gasteiger partial charge in [0.15, 0.2) is 5.65 Å². The lowest BCUT2D eigenvalue weighted by molar-refractivity contribution is 0.101. The number of aromatic nitrogens is 4. The summed E-state index contributed by atoms with van der Waals surface area (Å²) in [6.45, 7) is 9.78. The van der Waals surface area contributed by atoms with E-state index in [4.69, 9.17) is 4.74 Å². The third-order valence-electron chi connectivity index (χ3n) is 3.83. The molecule has 142 valence electrons. The average molecular weight is 369 g/mol. The van der Waals surface area contributed by atoms with Crippen molar-refractivity contribution in [2.24, 2.45) is 0 Å². The summed E-state index contributed by atoms with van der Waals surface area (Å²) in [7, 11) is 0. The fourth-order valence-electron chi connectivity index (χ4n) is 2.61. The highest BCUT2D eigenvalue weighted by molar-refractivity contribution is 6.00. The zero-order valence-electron chi connectivity index (χ0n) is 16.1. The number of nitrogens with one attached hydrogen (secondary N) is 1. The normalized spacial score (nSPS) is 11.8. The first-order valence-corrected chi connectivity index (χ1v) is 8.71. The van der Waals surface area contributed by atoms with Crippen molar-refractivity contribution in [3.63, 3.8) is 0 Å². The Morgan fingerprint density at radius 2 is 1.85 bits per heavy atom. The van der Waals surface area contributed by atoms with E-state index in [-0.39, 0.29) is 17.2 Å². The summed E-state index contributed by atoms with van der Waals surface area (Å²) in [6.07, 6.45) is 2.81. The van der Waals surface area contributed by atoms with Gasteiger partial charge in [-0.1, -0.05) is 0 Å². The molecule has 0 saturated carbocycles. The Kier molecular flexibility index (Phi) is 4.73. The van der Waals surface area contributed by atoms with Gasteiger partial charge in [-0.15, -0.1) is 0 Å². The van der Waals surface area contributed by atoms with Gasteiger partial charge in [-0.05, 0) is 58.9 Å². The Morgan fingerprint density at radius 3 is 2.44 bits per heavy atom. The first-order chi connectivity index (χ1) is 12.7. The number of nitrogens with zero attached hydrogens (tertiary/aromatic N) is 4. The molecular weight excluding hydrogens is 346 g/mol. The van der Waals surface area contributed by atoms with E-state index in [1.165, 1.54) is 12.5 Å². The first kappa shape index (κ1) is 18.6. The number of carbonyl (C=O) groups is 1. The molecule has 27 heavy (non-hydrogen) atoms. The van der Waals surface area contributed by atoms with Crippen molar-refractivity contribution in [3.05, 3.63) is 52.7 Å². The van der Waals surface area contributed by atoms with Crippen molar-refractivity contribution >= 4 is 16.9 Å². The van der Waals surface area contributed by atoms with Crippen molar-refractivity contribution in [1.82, 2.24) is 19.4 Å². The minimum atomic E-state index is -0.419. The molecule has 1 aromatic carbocycles. The van der Waals surface area contributed by atoms with Gasteiger partial charge in [0, 0.05) is 5.56 Å². The largest absolute Gasteiger partial charge is 0.491 e. The maximum absolute atomic E-state index is 12.6. The summed E-state index contributed by atoms with van der Waals surface area (Å²) in [6, 6.07) is 6.71. The van der Waals surface area contributed by atoms with Crippen LogP contribution >= 0.6 is 0 Å². The molecule has 0 aliphatic carbocycles. The van der Waals surface area contributed by atoms with Gasteiger partial charge in [0.1, 0.15) is 17.5 Å². The van der Waals surface area contributed by atoms with E-state index in [1.807, 2.05) is 34.6 Å². The molecule has 0 radical (unpaired) electrons. The fourth-order valence-corrected chi connectivity index (χ4v) is 2.61. The molecule has 0 atom stereocenters. The minimum absolute atomic E-state index is 0.0510. The molecule has 1 amide bonds. The minimum Gasteiger partial charge on any atom is -0.491 e. The number of carbonyl (C=O) groups excluding carboxylic acids is 1. The van der Waals surface area contributed by atoms with E-state index in [0.29, 0.717) is 22.3 Å². The molecule has 8 heteroatoms. The lowest BCUT2D eigenvalue weighted by Crippen LogP contribution is -2.33. The number of ether oxygens (including phenoxy) is 1.